The molecule has 0 aromatic carbocycles. The highest BCUT2D eigenvalue weighted by atomic mass is 35.5. The Labute approximate surface area is 119 Å². The summed E-state index contributed by atoms with van der Waals surface area (Å²) < 4.78 is 1.90. The number of hydrogen-bond donors (Lipinski definition) is 2. The van der Waals surface area contributed by atoms with Gasteiger partial charge in [0.2, 0.25) is 0 Å². The maximum Gasteiger partial charge on any atom is 0.0847 e. The highest BCUT2D eigenvalue weighted by molar-refractivity contribution is 6.31. The van der Waals surface area contributed by atoms with E-state index < -0.39 is 0 Å². The first-order chi connectivity index (χ1) is 9.11. The van der Waals surface area contributed by atoms with Crippen molar-refractivity contribution in [3.63, 3.8) is 0 Å². The van der Waals surface area contributed by atoms with Gasteiger partial charge in [-0.3, -0.25) is 16.0 Å². The van der Waals surface area contributed by atoms with Gasteiger partial charge >= 0.3 is 0 Å². The van der Waals surface area contributed by atoms with Crippen molar-refractivity contribution in [2.75, 3.05) is 0 Å². The van der Waals surface area contributed by atoms with E-state index in [9.17, 15) is 0 Å². The van der Waals surface area contributed by atoms with Gasteiger partial charge in [0.05, 0.1) is 16.4 Å². The maximum absolute atomic E-state index is 6.36. The molecule has 1 atom stereocenters. The van der Waals surface area contributed by atoms with Crippen LogP contribution >= 0.6 is 11.6 Å². The molecule has 19 heavy (non-hydrogen) atoms. The molecular weight excluding hydrogens is 260 g/mol. The molecule has 5 heteroatoms. The molecule has 2 saturated carbocycles. The predicted octanol–water partition coefficient (Wildman–Crippen LogP) is 2.19. The third-order valence-electron chi connectivity index (χ3n) is 4.69. The van der Waals surface area contributed by atoms with Crippen LogP contribution in [0.5, 0.6) is 0 Å². The van der Waals surface area contributed by atoms with Gasteiger partial charge in [-0.1, -0.05) is 11.6 Å². The summed E-state index contributed by atoms with van der Waals surface area (Å²) in [5.74, 6) is 8.31. The van der Waals surface area contributed by atoms with Crippen LogP contribution in [0, 0.1) is 24.7 Å². The lowest BCUT2D eigenvalue weighted by Crippen LogP contribution is -2.44. The minimum Gasteiger partial charge on any atom is -0.271 e. The summed E-state index contributed by atoms with van der Waals surface area (Å²) >= 11 is 6.36. The number of halogens is 1. The summed E-state index contributed by atoms with van der Waals surface area (Å²) in [5, 5.41) is 5.19. The van der Waals surface area contributed by atoms with E-state index in [1.165, 1.54) is 25.7 Å². The van der Waals surface area contributed by atoms with E-state index in [2.05, 4.69) is 10.5 Å². The van der Waals surface area contributed by atoms with Gasteiger partial charge in [0.25, 0.3) is 0 Å². The molecule has 0 bridgehead atoms. The van der Waals surface area contributed by atoms with Crippen LogP contribution in [0.3, 0.4) is 0 Å². The number of aryl methyl sites for hydroxylation is 2. The minimum absolute atomic E-state index is 0.326. The first-order valence-corrected chi connectivity index (χ1v) is 7.63. The molecule has 0 spiro atoms. The topological polar surface area (TPSA) is 55.9 Å². The van der Waals surface area contributed by atoms with E-state index >= 15 is 0 Å². The lowest BCUT2D eigenvalue weighted by molar-refractivity contribution is 0.280. The normalized spacial score (nSPS) is 21.1. The zero-order valence-corrected chi connectivity index (χ0v) is 12.5. The Morgan fingerprint density at radius 3 is 2.32 bits per heavy atom. The van der Waals surface area contributed by atoms with E-state index in [1.807, 2.05) is 18.7 Å². The summed E-state index contributed by atoms with van der Waals surface area (Å²) in [5.41, 5.74) is 5.07. The molecule has 4 nitrogen and oxygen atoms in total. The molecule has 1 aromatic heterocycles. The molecule has 0 saturated heterocycles. The molecular formula is C14H23ClN4. The van der Waals surface area contributed by atoms with Crippen LogP contribution < -0.4 is 11.3 Å². The maximum atomic E-state index is 6.36. The highest BCUT2D eigenvalue weighted by Crippen LogP contribution is 2.51. The fourth-order valence-electron chi connectivity index (χ4n) is 3.42. The minimum atomic E-state index is 0.326. The number of nitrogens with one attached hydrogen (secondary N) is 1. The molecule has 2 fully saturated rings. The number of hydrazine groups is 1. The van der Waals surface area contributed by atoms with Crippen LogP contribution in [0.1, 0.15) is 37.1 Å². The largest absolute Gasteiger partial charge is 0.271 e. The lowest BCUT2D eigenvalue weighted by atomic mass is 9.87. The van der Waals surface area contributed by atoms with E-state index in [-0.39, 0.29) is 0 Å². The molecule has 0 amide bonds. The van der Waals surface area contributed by atoms with Crippen LogP contribution in [0.25, 0.3) is 0 Å². The van der Waals surface area contributed by atoms with Gasteiger partial charge in [-0.05, 0) is 50.4 Å². The lowest BCUT2D eigenvalue weighted by Gasteiger charge is -2.27. The smallest absolute Gasteiger partial charge is 0.0847 e. The Morgan fingerprint density at radius 2 is 1.95 bits per heavy atom. The summed E-state index contributed by atoms with van der Waals surface area (Å²) in [7, 11) is 1.96. The number of aromatic nitrogens is 2. The summed E-state index contributed by atoms with van der Waals surface area (Å²) in [6.07, 6.45) is 6.37. The van der Waals surface area contributed by atoms with Crippen molar-refractivity contribution < 1.29 is 0 Å². The fourth-order valence-corrected chi connectivity index (χ4v) is 3.66. The second-order valence-electron chi connectivity index (χ2n) is 6.20. The summed E-state index contributed by atoms with van der Waals surface area (Å²) in [4.78, 5) is 0. The zero-order chi connectivity index (χ0) is 13.6. The molecule has 0 radical (unpaired) electrons. The molecule has 1 heterocycles. The standard InChI is InChI=1S/C14H23ClN4/c1-8-14(15)12(19(2)18-8)7-11(17-16)13(9-3-4-9)10-5-6-10/h9-11,13,17H,3-7,16H2,1-2H3. The van der Waals surface area contributed by atoms with Crippen molar-refractivity contribution in [1.82, 2.24) is 15.2 Å². The molecule has 2 aliphatic rings. The van der Waals surface area contributed by atoms with Gasteiger partial charge in [0, 0.05) is 19.5 Å². The molecule has 0 aliphatic heterocycles. The van der Waals surface area contributed by atoms with Crippen LogP contribution in [-0.2, 0) is 13.5 Å². The Kier molecular flexibility index (Phi) is 3.58. The Hall–Kier alpha value is -0.580. The van der Waals surface area contributed by atoms with E-state index in [0.29, 0.717) is 6.04 Å². The van der Waals surface area contributed by atoms with Crippen LogP contribution in [0.15, 0.2) is 0 Å². The van der Waals surface area contributed by atoms with Crippen molar-refractivity contribution >= 4 is 11.6 Å². The first kappa shape index (κ1) is 13.4. The van der Waals surface area contributed by atoms with E-state index in [0.717, 1.165) is 40.6 Å². The number of hydrogen-bond acceptors (Lipinski definition) is 3. The summed E-state index contributed by atoms with van der Waals surface area (Å²) in [6.45, 7) is 1.95. The van der Waals surface area contributed by atoms with Crippen LogP contribution in [0.4, 0.5) is 0 Å². The number of rotatable bonds is 6. The summed E-state index contributed by atoms with van der Waals surface area (Å²) in [6, 6.07) is 0.326. The Bertz CT molecular complexity index is 450. The monoisotopic (exact) mass is 282 g/mol. The van der Waals surface area contributed by atoms with Crippen molar-refractivity contribution in [2.24, 2.45) is 30.6 Å². The molecule has 1 aromatic rings. The molecule has 2 aliphatic carbocycles. The van der Waals surface area contributed by atoms with Gasteiger partial charge < -0.3 is 0 Å². The van der Waals surface area contributed by atoms with Crippen molar-refractivity contribution in [2.45, 2.75) is 45.1 Å². The highest BCUT2D eigenvalue weighted by Gasteiger charge is 2.45. The van der Waals surface area contributed by atoms with Crippen molar-refractivity contribution in [1.29, 1.82) is 0 Å². The van der Waals surface area contributed by atoms with Gasteiger partial charge in [-0.2, -0.15) is 5.10 Å². The van der Waals surface area contributed by atoms with Crippen LogP contribution in [0.2, 0.25) is 5.02 Å². The number of nitrogens with zero attached hydrogens (tertiary/aromatic N) is 2. The van der Waals surface area contributed by atoms with Crippen LogP contribution in [-0.4, -0.2) is 15.8 Å². The molecule has 3 N–H and O–H groups in total. The second-order valence-corrected chi connectivity index (χ2v) is 6.58. The average molecular weight is 283 g/mol. The van der Waals surface area contributed by atoms with Crippen molar-refractivity contribution in [3.05, 3.63) is 16.4 Å². The number of nitrogens with two attached hydrogens (primary N) is 1. The second kappa shape index (κ2) is 5.08. The average Bonchev–Trinajstić information content (AvgIpc) is 3.26. The first-order valence-electron chi connectivity index (χ1n) is 7.26. The van der Waals surface area contributed by atoms with E-state index in [1.54, 1.807) is 0 Å². The molecule has 3 rings (SSSR count). The Morgan fingerprint density at radius 1 is 1.37 bits per heavy atom. The quantitative estimate of drug-likeness (QED) is 0.621. The van der Waals surface area contributed by atoms with Crippen molar-refractivity contribution in [3.8, 4) is 0 Å². The molecule has 106 valence electrons. The third kappa shape index (κ3) is 2.67. The fraction of sp³-hybridized carbons (Fsp3) is 0.786. The Balaban J connectivity index is 1.78. The third-order valence-corrected chi connectivity index (χ3v) is 5.18. The van der Waals surface area contributed by atoms with E-state index in [4.69, 9.17) is 17.4 Å². The molecule has 1 unspecified atom stereocenters. The van der Waals surface area contributed by atoms with Gasteiger partial charge in [0.1, 0.15) is 0 Å². The van der Waals surface area contributed by atoms with Gasteiger partial charge in [-0.15, -0.1) is 0 Å². The SMILES string of the molecule is Cc1nn(C)c(CC(NN)C(C2CC2)C2CC2)c1Cl. The van der Waals surface area contributed by atoms with Gasteiger partial charge in [0.15, 0.2) is 0 Å². The predicted molar refractivity (Wildman–Crippen MR) is 76.7 cm³/mol. The zero-order valence-electron chi connectivity index (χ0n) is 11.7. The van der Waals surface area contributed by atoms with Gasteiger partial charge in [-0.25, -0.2) is 0 Å².